The Morgan fingerprint density at radius 1 is 1.37 bits per heavy atom. The Labute approximate surface area is 108 Å². The monoisotopic (exact) mass is 276 g/mol. The van der Waals surface area contributed by atoms with Crippen LogP contribution in [-0.4, -0.2) is 16.0 Å². The zero-order chi connectivity index (χ0) is 14.8. The average Bonchev–Trinajstić information content (AvgIpc) is 2.26. The number of carbonyl (C=O) groups is 1. The molecule has 1 heterocycles. The number of nitrogens with one attached hydrogen (secondary N) is 1. The van der Waals surface area contributed by atoms with Gasteiger partial charge in [0.1, 0.15) is 0 Å². The van der Waals surface area contributed by atoms with Gasteiger partial charge in [-0.25, -0.2) is 0 Å². The summed E-state index contributed by atoms with van der Waals surface area (Å²) >= 11 is 0. The summed E-state index contributed by atoms with van der Waals surface area (Å²) in [6, 6.07) is 0.766. The van der Waals surface area contributed by atoms with Gasteiger partial charge in [-0.15, -0.1) is 0 Å². The van der Waals surface area contributed by atoms with E-state index in [1.54, 1.807) is 20.8 Å². The molecule has 0 saturated carbocycles. The van der Waals surface area contributed by atoms with Gasteiger partial charge in [0.15, 0.2) is 0 Å². The van der Waals surface area contributed by atoms with E-state index in [1.807, 2.05) is 0 Å². The topological polar surface area (TPSA) is 62.2 Å². The summed E-state index contributed by atoms with van der Waals surface area (Å²) in [5.41, 5.74) is -1.88. The molecule has 1 aromatic heterocycles. The van der Waals surface area contributed by atoms with Gasteiger partial charge < -0.3 is 10.4 Å². The van der Waals surface area contributed by atoms with Gasteiger partial charge >= 0.3 is 6.18 Å². The van der Waals surface area contributed by atoms with Gasteiger partial charge in [0.2, 0.25) is 5.91 Å². The summed E-state index contributed by atoms with van der Waals surface area (Å²) in [6.45, 7) is 4.32. The van der Waals surface area contributed by atoms with Crippen LogP contribution in [0.4, 0.5) is 18.9 Å². The Morgan fingerprint density at radius 2 is 1.95 bits per heavy atom. The molecule has 0 spiro atoms. The van der Waals surface area contributed by atoms with Crippen molar-refractivity contribution < 1.29 is 23.1 Å². The van der Waals surface area contributed by atoms with Gasteiger partial charge in [0.25, 0.3) is 0 Å². The van der Waals surface area contributed by atoms with Gasteiger partial charge in [-0.3, -0.25) is 9.78 Å². The Morgan fingerprint density at radius 3 is 2.37 bits per heavy atom. The Bertz CT molecular complexity index is 479. The summed E-state index contributed by atoms with van der Waals surface area (Å²) in [6.07, 6.45) is -3.93. The second kappa shape index (κ2) is 5.16. The molecule has 0 aliphatic carbocycles. The number of aliphatic hydroxyl groups excluding tert-OH is 1. The van der Waals surface area contributed by atoms with Crippen LogP contribution in [0.1, 0.15) is 32.0 Å². The van der Waals surface area contributed by atoms with Crippen LogP contribution >= 0.6 is 0 Å². The lowest BCUT2D eigenvalue weighted by molar-refractivity contribution is -0.137. The average molecular weight is 276 g/mol. The number of pyridine rings is 1. The van der Waals surface area contributed by atoms with E-state index >= 15 is 0 Å². The number of alkyl halides is 3. The minimum absolute atomic E-state index is 0.00870. The van der Waals surface area contributed by atoms with Gasteiger partial charge in [-0.2, -0.15) is 13.2 Å². The fourth-order valence-electron chi connectivity index (χ4n) is 1.19. The lowest BCUT2D eigenvalue weighted by atomic mass is 9.95. The number of hydrogen-bond donors (Lipinski definition) is 2. The van der Waals surface area contributed by atoms with E-state index in [9.17, 15) is 18.0 Å². The van der Waals surface area contributed by atoms with Crippen LogP contribution in [0.3, 0.4) is 0 Å². The molecule has 2 N–H and O–H groups in total. The standard InChI is InChI=1S/C12H15F3N2O2/c1-11(2,3)10(19)17-8-4-7(12(13,14)15)5-16-9(8)6-18/h4-5,18H,6H2,1-3H3,(H,17,19). The molecule has 0 aliphatic heterocycles. The first-order chi connectivity index (χ1) is 8.55. The quantitative estimate of drug-likeness (QED) is 0.872. The van der Waals surface area contributed by atoms with Crippen molar-refractivity contribution in [2.75, 3.05) is 5.32 Å². The first-order valence-electron chi connectivity index (χ1n) is 5.54. The molecular weight excluding hydrogens is 261 g/mol. The van der Waals surface area contributed by atoms with Gasteiger partial charge in [-0.1, -0.05) is 20.8 Å². The zero-order valence-electron chi connectivity index (χ0n) is 10.8. The Balaban J connectivity index is 3.14. The molecule has 0 unspecified atom stereocenters. The third kappa shape index (κ3) is 3.92. The van der Waals surface area contributed by atoms with Crippen LogP contribution in [0.5, 0.6) is 0 Å². The largest absolute Gasteiger partial charge is 0.417 e. The molecule has 0 bridgehead atoms. The second-order valence-electron chi connectivity index (χ2n) is 5.08. The number of amides is 1. The minimum atomic E-state index is -4.55. The normalized spacial score (nSPS) is 12.4. The van der Waals surface area contributed by atoms with Crippen molar-refractivity contribution in [1.29, 1.82) is 0 Å². The number of aliphatic hydroxyl groups is 1. The van der Waals surface area contributed by atoms with Crippen LogP contribution in [0.2, 0.25) is 0 Å². The number of rotatable bonds is 2. The first kappa shape index (κ1) is 15.4. The summed E-state index contributed by atoms with van der Waals surface area (Å²) in [5.74, 6) is -0.455. The van der Waals surface area contributed by atoms with Crippen LogP contribution in [0.15, 0.2) is 12.3 Å². The van der Waals surface area contributed by atoms with E-state index in [0.29, 0.717) is 6.20 Å². The Kier molecular flexibility index (Phi) is 4.19. The first-order valence-corrected chi connectivity index (χ1v) is 5.54. The van der Waals surface area contributed by atoms with Crippen molar-refractivity contribution in [3.8, 4) is 0 Å². The maximum atomic E-state index is 12.6. The second-order valence-corrected chi connectivity index (χ2v) is 5.08. The van der Waals surface area contributed by atoms with Crippen molar-refractivity contribution in [3.63, 3.8) is 0 Å². The number of hydrogen-bond acceptors (Lipinski definition) is 3. The van der Waals surface area contributed by atoms with E-state index < -0.39 is 29.7 Å². The third-order valence-corrected chi connectivity index (χ3v) is 2.38. The van der Waals surface area contributed by atoms with Crippen LogP contribution in [0, 0.1) is 5.41 Å². The van der Waals surface area contributed by atoms with E-state index in [0.717, 1.165) is 6.07 Å². The molecule has 1 rings (SSSR count). The summed E-state index contributed by atoms with van der Waals surface area (Å²) in [4.78, 5) is 15.3. The van der Waals surface area contributed by atoms with Crippen LogP contribution < -0.4 is 5.32 Å². The summed E-state index contributed by atoms with van der Waals surface area (Å²) < 4.78 is 37.7. The SMILES string of the molecule is CC(C)(C)C(=O)Nc1cc(C(F)(F)F)cnc1CO. The highest BCUT2D eigenvalue weighted by atomic mass is 19.4. The highest BCUT2D eigenvalue weighted by molar-refractivity contribution is 5.95. The number of anilines is 1. The van der Waals surface area contributed by atoms with Crippen molar-refractivity contribution in [3.05, 3.63) is 23.5 Å². The molecule has 0 atom stereocenters. The molecule has 4 nitrogen and oxygen atoms in total. The van der Waals surface area contributed by atoms with E-state index in [4.69, 9.17) is 5.11 Å². The summed E-state index contributed by atoms with van der Waals surface area (Å²) in [7, 11) is 0. The van der Waals surface area contributed by atoms with E-state index in [2.05, 4.69) is 10.3 Å². The van der Waals surface area contributed by atoms with Crippen molar-refractivity contribution in [1.82, 2.24) is 4.98 Å². The molecule has 106 valence electrons. The van der Waals surface area contributed by atoms with E-state index in [1.165, 1.54) is 0 Å². The van der Waals surface area contributed by atoms with Gasteiger partial charge in [-0.05, 0) is 6.07 Å². The fraction of sp³-hybridized carbons (Fsp3) is 0.500. The number of carbonyl (C=O) groups excluding carboxylic acids is 1. The molecule has 0 fully saturated rings. The fourth-order valence-corrected chi connectivity index (χ4v) is 1.19. The smallest absolute Gasteiger partial charge is 0.390 e. The molecule has 1 aromatic rings. The lowest BCUT2D eigenvalue weighted by Gasteiger charge is -2.19. The highest BCUT2D eigenvalue weighted by Gasteiger charge is 2.32. The van der Waals surface area contributed by atoms with Crippen molar-refractivity contribution in [2.24, 2.45) is 5.41 Å². The zero-order valence-corrected chi connectivity index (χ0v) is 10.8. The molecule has 0 aromatic carbocycles. The maximum absolute atomic E-state index is 12.6. The molecule has 0 saturated heterocycles. The molecule has 1 amide bonds. The number of halogens is 3. The van der Waals surface area contributed by atoms with Gasteiger partial charge in [0, 0.05) is 11.6 Å². The molecular formula is C12H15F3N2O2. The molecule has 0 radical (unpaired) electrons. The third-order valence-electron chi connectivity index (χ3n) is 2.38. The van der Waals surface area contributed by atoms with Crippen molar-refractivity contribution in [2.45, 2.75) is 33.6 Å². The lowest BCUT2D eigenvalue weighted by Crippen LogP contribution is -2.28. The Hall–Kier alpha value is -1.63. The van der Waals surface area contributed by atoms with Crippen LogP contribution in [-0.2, 0) is 17.6 Å². The number of aromatic nitrogens is 1. The predicted octanol–water partition coefficient (Wildman–Crippen LogP) is 2.58. The highest BCUT2D eigenvalue weighted by Crippen LogP contribution is 2.31. The molecule has 19 heavy (non-hydrogen) atoms. The summed E-state index contributed by atoms with van der Waals surface area (Å²) in [5, 5.41) is 11.4. The maximum Gasteiger partial charge on any atom is 0.417 e. The van der Waals surface area contributed by atoms with Crippen LogP contribution in [0.25, 0.3) is 0 Å². The number of nitrogens with zero attached hydrogens (tertiary/aromatic N) is 1. The predicted molar refractivity (Wildman–Crippen MR) is 63.2 cm³/mol. The minimum Gasteiger partial charge on any atom is -0.390 e. The van der Waals surface area contributed by atoms with Gasteiger partial charge in [0.05, 0.1) is 23.6 Å². The molecule has 7 heteroatoms. The molecule has 0 aliphatic rings. The van der Waals surface area contributed by atoms with Crippen molar-refractivity contribution >= 4 is 11.6 Å². The van der Waals surface area contributed by atoms with E-state index in [-0.39, 0.29) is 11.4 Å².